The molecule has 11 heteroatoms. The Morgan fingerprint density at radius 2 is 1.94 bits per heavy atom. The molecule has 0 radical (unpaired) electrons. The Balaban J connectivity index is 1.42. The molecule has 2 amide bonds. The second-order valence-electron chi connectivity index (χ2n) is 8.35. The van der Waals surface area contributed by atoms with E-state index >= 15 is 0 Å². The highest BCUT2D eigenvalue weighted by molar-refractivity contribution is 7.89. The fourth-order valence-electron chi connectivity index (χ4n) is 4.23. The van der Waals surface area contributed by atoms with Crippen molar-refractivity contribution in [3.8, 4) is 0 Å². The topological polar surface area (TPSA) is 103 Å². The molecule has 1 aromatic heterocycles. The first-order valence-corrected chi connectivity index (χ1v) is 13.4. The van der Waals surface area contributed by atoms with Crippen LogP contribution in [0.2, 0.25) is 0 Å². The van der Waals surface area contributed by atoms with Gasteiger partial charge in [0.2, 0.25) is 21.8 Å². The summed E-state index contributed by atoms with van der Waals surface area (Å²) in [4.78, 5) is 35.1. The Labute approximate surface area is 198 Å². The monoisotopic (exact) mass is 491 g/mol. The number of benzene rings is 1. The summed E-state index contributed by atoms with van der Waals surface area (Å²) in [7, 11) is -1.50. The first-order chi connectivity index (χ1) is 15.7. The van der Waals surface area contributed by atoms with Gasteiger partial charge in [-0.2, -0.15) is 4.31 Å². The van der Waals surface area contributed by atoms with E-state index in [0.717, 1.165) is 25.2 Å². The highest BCUT2D eigenvalue weighted by atomic mass is 32.2. The maximum Gasteiger partial charge on any atom is 0.243 e. The van der Waals surface area contributed by atoms with Crippen molar-refractivity contribution >= 4 is 44.0 Å². The molecule has 178 valence electrons. The number of sulfonamides is 1. The number of nitrogens with one attached hydrogen (secondary N) is 1. The molecular formula is C22H29N5O4S2. The normalized spacial score (nSPS) is 19.2. The number of anilines is 2. The van der Waals surface area contributed by atoms with Gasteiger partial charge in [0.25, 0.3) is 0 Å². The van der Waals surface area contributed by atoms with Crippen molar-refractivity contribution in [1.29, 1.82) is 0 Å². The molecule has 0 aliphatic carbocycles. The Hall–Kier alpha value is -2.34. The molecule has 9 nitrogen and oxygen atoms in total. The molecule has 2 aliphatic heterocycles. The van der Waals surface area contributed by atoms with Crippen molar-refractivity contribution in [3.63, 3.8) is 0 Å². The van der Waals surface area contributed by atoms with Crippen LogP contribution in [0, 0.1) is 5.92 Å². The quantitative estimate of drug-likeness (QED) is 0.637. The van der Waals surface area contributed by atoms with Crippen LogP contribution in [0.15, 0.2) is 29.2 Å². The average molecular weight is 492 g/mol. The number of hydrogen-bond acceptors (Lipinski definition) is 7. The van der Waals surface area contributed by atoms with Gasteiger partial charge in [-0.05, 0) is 31.3 Å². The number of fused-ring (bicyclic) bond motifs is 1. The third-order valence-corrected chi connectivity index (χ3v) is 9.20. The van der Waals surface area contributed by atoms with Crippen molar-refractivity contribution in [2.75, 3.05) is 43.4 Å². The van der Waals surface area contributed by atoms with E-state index in [4.69, 9.17) is 0 Å². The van der Waals surface area contributed by atoms with Crippen LogP contribution < -0.4 is 10.2 Å². The number of amides is 2. The third kappa shape index (κ3) is 4.81. The van der Waals surface area contributed by atoms with E-state index in [0.29, 0.717) is 23.9 Å². The van der Waals surface area contributed by atoms with Gasteiger partial charge in [0, 0.05) is 56.1 Å². The molecule has 1 unspecified atom stereocenters. The zero-order valence-corrected chi connectivity index (χ0v) is 20.7. The summed E-state index contributed by atoms with van der Waals surface area (Å²) in [6.45, 7) is 6.40. The van der Waals surface area contributed by atoms with E-state index in [1.807, 2.05) is 0 Å². The zero-order valence-electron chi connectivity index (χ0n) is 19.1. The van der Waals surface area contributed by atoms with Crippen LogP contribution in [-0.2, 0) is 32.6 Å². The molecule has 1 N–H and O–H groups in total. The molecule has 3 heterocycles. The molecule has 0 bridgehead atoms. The fourth-order valence-corrected chi connectivity index (χ4v) is 6.78. The third-order valence-electron chi connectivity index (χ3n) is 6.14. The van der Waals surface area contributed by atoms with Crippen molar-refractivity contribution in [1.82, 2.24) is 14.2 Å². The van der Waals surface area contributed by atoms with Crippen LogP contribution in [0.25, 0.3) is 0 Å². The summed E-state index contributed by atoms with van der Waals surface area (Å²) in [6, 6.07) is 6.28. The smallest absolute Gasteiger partial charge is 0.243 e. The molecule has 2 aromatic rings. The highest BCUT2D eigenvalue weighted by Crippen LogP contribution is 2.30. The van der Waals surface area contributed by atoms with E-state index < -0.39 is 15.9 Å². The van der Waals surface area contributed by atoms with Gasteiger partial charge in [-0.15, -0.1) is 11.3 Å². The molecule has 33 heavy (non-hydrogen) atoms. The van der Waals surface area contributed by atoms with Crippen molar-refractivity contribution in [3.05, 3.63) is 34.8 Å². The van der Waals surface area contributed by atoms with E-state index in [1.165, 1.54) is 32.7 Å². The van der Waals surface area contributed by atoms with Crippen LogP contribution in [0.1, 0.15) is 30.8 Å². The molecule has 0 saturated carbocycles. The summed E-state index contributed by atoms with van der Waals surface area (Å²) in [5.74, 6) is -0.860. The van der Waals surface area contributed by atoms with Crippen LogP contribution in [-0.4, -0.2) is 67.6 Å². The molecule has 4 rings (SSSR count). The fraction of sp³-hybridized carbons (Fsp3) is 0.500. The van der Waals surface area contributed by atoms with Crippen LogP contribution >= 0.6 is 11.3 Å². The molecule has 1 aromatic carbocycles. The number of thiazole rings is 1. The Morgan fingerprint density at radius 3 is 2.61 bits per heavy atom. The van der Waals surface area contributed by atoms with Gasteiger partial charge in [0.1, 0.15) is 0 Å². The van der Waals surface area contributed by atoms with Gasteiger partial charge in [-0.1, -0.05) is 13.8 Å². The number of nitrogens with zero attached hydrogens (tertiary/aromatic N) is 4. The van der Waals surface area contributed by atoms with Gasteiger partial charge in [0.05, 0.1) is 16.5 Å². The standard InChI is InChI=1S/C22H29N5O4S2/c1-4-26(5-2)33(30,31)17-8-6-16(7-9-17)27-13-15(12-20(27)28)21(29)24-22-23-18-10-11-25(3)14-19(18)32-22/h6-9,15H,4-5,10-14H2,1-3H3,(H,23,24,29). The van der Waals surface area contributed by atoms with Gasteiger partial charge < -0.3 is 15.1 Å². The zero-order chi connectivity index (χ0) is 23.8. The molecular weight excluding hydrogens is 462 g/mol. The SMILES string of the molecule is CCN(CC)S(=O)(=O)c1ccc(N2CC(C(=O)Nc3nc4c(s3)CN(C)CC4)CC2=O)cc1. The van der Waals surface area contributed by atoms with Crippen LogP contribution in [0.5, 0.6) is 0 Å². The van der Waals surface area contributed by atoms with E-state index in [2.05, 4.69) is 22.2 Å². The lowest BCUT2D eigenvalue weighted by Crippen LogP contribution is -2.31. The van der Waals surface area contributed by atoms with E-state index in [-0.39, 0.29) is 29.7 Å². The van der Waals surface area contributed by atoms with Gasteiger partial charge in [-0.25, -0.2) is 13.4 Å². The summed E-state index contributed by atoms with van der Waals surface area (Å²) < 4.78 is 26.8. The molecule has 1 atom stereocenters. The number of carbonyl (C=O) groups excluding carboxylic acids is 2. The second-order valence-corrected chi connectivity index (χ2v) is 11.4. The second kappa shape index (κ2) is 9.49. The summed E-state index contributed by atoms with van der Waals surface area (Å²) in [6.07, 6.45) is 0.979. The first kappa shape index (κ1) is 23.8. The van der Waals surface area contributed by atoms with Gasteiger partial charge in [0.15, 0.2) is 5.13 Å². The average Bonchev–Trinajstić information content (AvgIpc) is 3.37. The highest BCUT2D eigenvalue weighted by Gasteiger charge is 2.36. The Kier molecular flexibility index (Phi) is 6.85. The maximum absolute atomic E-state index is 12.8. The predicted molar refractivity (Wildman–Crippen MR) is 128 cm³/mol. The van der Waals surface area contributed by atoms with E-state index in [1.54, 1.807) is 30.9 Å². The molecule has 0 spiro atoms. The number of carbonyl (C=O) groups is 2. The minimum absolute atomic E-state index is 0.110. The Morgan fingerprint density at radius 1 is 1.24 bits per heavy atom. The van der Waals surface area contributed by atoms with Crippen molar-refractivity contribution in [2.45, 2.75) is 38.1 Å². The van der Waals surface area contributed by atoms with Crippen molar-refractivity contribution < 1.29 is 18.0 Å². The predicted octanol–water partition coefficient (Wildman–Crippen LogP) is 2.15. The largest absolute Gasteiger partial charge is 0.312 e. The lowest BCUT2D eigenvalue weighted by molar-refractivity contribution is -0.122. The minimum atomic E-state index is -3.56. The van der Waals surface area contributed by atoms with Gasteiger partial charge in [-0.3, -0.25) is 9.59 Å². The Bertz CT molecular complexity index is 1140. The number of likely N-dealkylation sites (N-methyl/N-ethyl adjacent to an activating group) is 1. The molecule has 1 fully saturated rings. The minimum Gasteiger partial charge on any atom is -0.312 e. The summed E-state index contributed by atoms with van der Waals surface area (Å²) in [5.41, 5.74) is 1.62. The van der Waals surface area contributed by atoms with Crippen molar-refractivity contribution in [2.24, 2.45) is 5.92 Å². The molecule has 1 saturated heterocycles. The lowest BCUT2D eigenvalue weighted by Gasteiger charge is -2.20. The van der Waals surface area contributed by atoms with Crippen LogP contribution in [0.3, 0.4) is 0 Å². The number of rotatable bonds is 7. The van der Waals surface area contributed by atoms with Crippen LogP contribution in [0.4, 0.5) is 10.8 Å². The van der Waals surface area contributed by atoms with Gasteiger partial charge >= 0.3 is 0 Å². The first-order valence-electron chi connectivity index (χ1n) is 11.1. The number of aromatic nitrogens is 1. The lowest BCUT2D eigenvalue weighted by atomic mass is 10.1. The summed E-state index contributed by atoms with van der Waals surface area (Å²) >= 11 is 1.49. The maximum atomic E-state index is 12.8. The van der Waals surface area contributed by atoms with E-state index in [9.17, 15) is 18.0 Å². The summed E-state index contributed by atoms with van der Waals surface area (Å²) in [5, 5.41) is 3.47. The number of hydrogen-bond donors (Lipinski definition) is 1. The molecule has 2 aliphatic rings.